The zero-order valence-electron chi connectivity index (χ0n) is 15.7. The highest BCUT2D eigenvalue weighted by Gasteiger charge is 2.23. The third kappa shape index (κ3) is 3.79. The Morgan fingerprint density at radius 2 is 1.93 bits per heavy atom. The third-order valence-corrected chi connectivity index (χ3v) is 7.79. The third-order valence-electron chi connectivity index (χ3n) is 4.34. The van der Waals surface area contributed by atoms with Gasteiger partial charge in [-0.15, -0.1) is 11.3 Å². The first-order valence-electron chi connectivity index (χ1n) is 8.74. The van der Waals surface area contributed by atoms with Crippen molar-refractivity contribution in [2.45, 2.75) is 29.5 Å². The lowest BCUT2D eigenvalue weighted by Gasteiger charge is -2.06. The molecule has 29 heavy (non-hydrogen) atoms. The van der Waals surface area contributed by atoms with Gasteiger partial charge in [-0.05, 0) is 43.7 Å². The van der Waals surface area contributed by atoms with Gasteiger partial charge in [-0.3, -0.25) is 9.78 Å². The van der Waals surface area contributed by atoms with Crippen LogP contribution in [0.4, 0.5) is 0 Å². The minimum absolute atomic E-state index is 0.197. The van der Waals surface area contributed by atoms with Crippen LogP contribution in [0.25, 0.3) is 11.0 Å². The second-order valence-corrected chi connectivity index (χ2v) is 9.81. The number of carbonyl (C=O) groups excluding carboxylic acids is 1. The molecule has 3 heterocycles. The summed E-state index contributed by atoms with van der Waals surface area (Å²) >= 11 is 1.16. The van der Waals surface area contributed by atoms with Crippen molar-refractivity contribution >= 4 is 38.1 Å². The van der Waals surface area contributed by atoms with E-state index in [2.05, 4.69) is 15.3 Å². The minimum atomic E-state index is -3.61. The van der Waals surface area contributed by atoms with Gasteiger partial charge in [-0.1, -0.05) is 12.1 Å². The van der Waals surface area contributed by atoms with Crippen molar-refractivity contribution in [1.29, 1.82) is 0 Å². The van der Waals surface area contributed by atoms with E-state index in [4.69, 9.17) is 4.42 Å². The molecule has 0 saturated carbocycles. The number of thiazole rings is 1. The molecule has 0 atom stereocenters. The highest BCUT2D eigenvalue weighted by Crippen LogP contribution is 2.29. The summed E-state index contributed by atoms with van der Waals surface area (Å²) in [7, 11) is -3.61. The molecule has 1 N–H and O–H groups in total. The lowest BCUT2D eigenvalue weighted by Crippen LogP contribution is -2.22. The summed E-state index contributed by atoms with van der Waals surface area (Å²) in [6.07, 6.45) is 3.18. The molecule has 1 amide bonds. The van der Waals surface area contributed by atoms with Crippen molar-refractivity contribution in [3.63, 3.8) is 0 Å². The van der Waals surface area contributed by atoms with Crippen molar-refractivity contribution in [2.75, 3.05) is 0 Å². The Hall–Kier alpha value is -3.04. The predicted octanol–water partition coefficient (Wildman–Crippen LogP) is 3.66. The maximum atomic E-state index is 12.8. The normalized spacial score (nSPS) is 11.7. The number of hydrogen-bond donors (Lipinski definition) is 1. The fourth-order valence-corrected chi connectivity index (χ4v) is 5.80. The van der Waals surface area contributed by atoms with E-state index in [1.807, 2.05) is 0 Å². The number of nitrogens with one attached hydrogen (secondary N) is 1. The highest BCUT2D eigenvalue weighted by atomic mass is 32.2. The molecular weight excluding hydrogens is 410 g/mol. The summed E-state index contributed by atoms with van der Waals surface area (Å²) < 4.78 is 31.3. The summed E-state index contributed by atoms with van der Waals surface area (Å²) in [5, 5.41) is 4.28. The molecule has 9 heteroatoms. The van der Waals surface area contributed by atoms with E-state index in [0.29, 0.717) is 16.3 Å². The van der Waals surface area contributed by atoms with Crippen molar-refractivity contribution in [3.8, 4) is 0 Å². The van der Waals surface area contributed by atoms with E-state index < -0.39 is 9.84 Å². The molecule has 0 unspecified atom stereocenters. The largest absolute Gasteiger partial charge is 0.449 e. The molecule has 0 aliphatic rings. The number of benzene rings is 1. The van der Waals surface area contributed by atoms with Crippen LogP contribution in [0.15, 0.2) is 62.3 Å². The Morgan fingerprint density at radius 1 is 1.17 bits per heavy atom. The Morgan fingerprint density at radius 3 is 2.59 bits per heavy atom. The molecule has 7 nitrogen and oxygen atoms in total. The van der Waals surface area contributed by atoms with Crippen molar-refractivity contribution in [3.05, 3.63) is 70.8 Å². The van der Waals surface area contributed by atoms with Crippen LogP contribution in [0.3, 0.4) is 0 Å². The Kier molecular flexibility index (Phi) is 4.93. The van der Waals surface area contributed by atoms with Gasteiger partial charge in [0.05, 0.1) is 21.8 Å². The number of amides is 1. The van der Waals surface area contributed by atoms with Crippen molar-refractivity contribution in [1.82, 2.24) is 15.3 Å². The number of aromatic nitrogens is 2. The maximum absolute atomic E-state index is 12.8. The molecule has 4 rings (SSSR count). The molecule has 0 aliphatic carbocycles. The van der Waals surface area contributed by atoms with Crippen LogP contribution in [-0.2, 0) is 16.4 Å². The number of aryl methyl sites for hydroxylation is 2. The predicted molar refractivity (Wildman–Crippen MR) is 109 cm³/mol. The van der Waals surface area contributed by atoms with Crippen LogP contribution in [0.1, 0.15) is 26.8 Å². The fraction of sp³-hybridized carbons (Fsp3) is 0.150. The number of furan rings is 1. The van der Waals surface area contributed by atoms with E-state index >= 15 is 0 Å². The van der Waals surface area contributed by atoms with Gasteiger partial charge in [0.1, 0.15) is 4.21 Å². The standard InChI is InChI=1S/C20H17N3O4S2/c1-12-20(28-13(2)23-12)29(25,26)16-5-3-14(4-6-16)10-22-19(24)17-9-15-7-8-21-11-18(15)27-17/h3-9,11H,10H2,1-2H3,(H,22,24). The van der Waals surface area contributed by atoms with Gasteiger partial charge in [0, 0.05) is 18.1 Å². The van der Waals surface area contributed by atoms with Crippen LogP contribution < -0.4 is 5.32 Å². The summed E-state index contributed by atoms with van der Waals surface area (Å²) in [6, 6.07) is 9.86. The molecule has 3 aromatic heterocycles. The molecule has 0 fully saturated rings. The number of rotatable bonds is 5. The van der Waals surface area contributed by atoms with Gasteiger partial charge >= 0.3 is 0 Å². The number of hydrogen-bond acceptors (Lipinski definition) is 7. The van der Waals surface area contributed by atoms with Crippen molar-refractivity contribution < 1.29 is 17.6 Å². The molecule has 0 spiro atoms. The van der Waals surface area contributed by atoms with Gasteiger partial charge in [-0.2, -0.15) is 0 Å². The quantitative estimate of drug-likeness (QED) is 0.521. The number of carbonyl (C=O) groups is 1. The van der Waals surface area contributed by atoms with E-state index in [-0.39, 0.29) is 27.3 Å². The SMILES string of the molecule is Cc1nc(C)c(S(=O)(=O)c2ccc(CNC(=O)c3cc4ccncc4o3)cc2)s1. The Labute approximate surface area is 171 Å². The van der Waals surface area contributed by atoms with Gasteiger partial charge in [0.15, 0.2) is 11.3 Å². The van der Waals surface area contributed by atoms with Crippen molar-refractivity contribution in [2.24, 2.45) is 0 Å². The summed E-state index contributed by atoms with van der Waals surface area (Å²) in [4.78, 5) is 20.7. The lowest BCUT2D eigenvalue weighted by molar-refractivity contribution is 0.0925. The molecule has 4 aromatic rings. The molecule has 0 radical (unpaired) electrons. The van der Waals surface area contributed by atoms with E-state index in [0.717, 1.165) is 22.3 Å². The highest BCUT2D eigenvalue weighted by molar-refractivity contribution is 7.93. The fourth-order valence-electron chi connectivity index (χ4n) is 2.92. The summed E-state index contributed by atoms with van der Waals surface area (Å²) in [5.74, 6) is -0.156. The summed E-state index contributed by atoms with van der Waals surface area (Å²) in [6.45, 7) is 3.71. The molecular formula is C20H17N3O4S2. The first-order valence-corrected chi connectivity index (χ1v) is 11.0. The first kappa shape index (κ1) is 19.3. The zero-order valence-corrected chi connectivity index (χ0v) is 17.3. The lowest BCUT2D eigenvalue weighted by atomic mass is 10.2. The van der Waals surface area contributed by atoms with E-state index in [9.17, 15) is 13.2 Å². The van der Waals surface area contributed by atoms with Gasteiger partial charge < -0.3 is 9.73 Å². The van der Waals surface area contributed by atoms with Crippen LogP contribution in [0, 0.1) is 13.8 Å². The average Bonchev–Trinajstić information content (AvgIpc) is 3.29. The van der Waals surface area contributed by atoms with Gasteiger partial charge in [0.2, 0.25) is 9.84 Å². The van der Waals surface area contributed by atoms with E-state index in [1.165, 1.54) is 12.1 Å². The van der Waals surface area contributed by atoms with E-state index in [1.54, 1.807) is 50.5 Å². The monoisotopic (exact) mass is 427 g/mol. The average molecular weight is 428 g/mol. The number of nitrogens with zero attached hydrogens (tertiary/aromatic N) is 2. The maximum Gasteiger partial charge on any atom is 0.287 e. The first-order chi connectivity index (χ1) is 13.8. The second-order valence-electron chi connectivity index (χ2n) is 6.46. The topological polar surface area (TPSA) is 102 Å². The number of sulfone groups is 1. The van der Waals surface area contributed by atoms with Crippen LogP contribution in [-0.4, -0.2) is 24.3 Å². The van der Waals surface area contributed by atoms with Gasteiger partial charge in [0.25, 0.3) is 5.91 Å². The van der Waals surface area contributed by atoms with Gasteiger partial charge in [-0.25, -0.2) is 13.4 Å². The number of fused-ring (bicyclic) bond motifs is 1. The second kappa shape index (κ2) is 7.41. The molecule has 148 valence electrons. The minimum Gasteiger partial charge on any atom is -0.449 e. The van der Waals surface area contributed by atoms with Crippen LogP contribution >= 0.6 is 11.3 Å². The van der Waals surface area contributed by atoms with Crippen LogP contribution in [0.2, 0.25) is 0 Å². The molecule has 0 saturated heterocycles. The molecule has 0 aliphatic heterocycles. The molecule has 0 bridgehead atoms. The zero-order chi connectivity index (χ0) is 20.6. The molecule has 1 aromatic carbocycles. The van der Waals surface area contributed by atoms with Crippen LogP contribution in [0.5, 0.6) is 0 Å². The summed E-state index contributed by atoms with van der Waals surface area (Å²) in [5.41, 5.74) is 1.82. The Balaban J connectivity index is 1.47. The Bertz CT molecular complexity index is 1270. The smallest absolute Gasteiger partial charge is 0.287 e. The number of pyridine rings is 1.